The highest BCUT2D eigenvalue weighted by molar-refractivity contribution is 9.10. The first-order valence-corrected chi connectivity index (χ1v) is 5.51. The molecule has 1 amide bonds. The van der Waals surface area contributed by atoms with Crippen LogP contribution in [0.15, 0.2) is 28.7 Å². The van der Waals surface area contributed by atoms with Crippen molar-refractivity contribution >= 4 is 43.5 Å². The highest BCUT2D eigenvalue weighted by Crippen LogP contribution is 2.14. The van der Waals surface area contributed by atoms with Gasteiger partial charge in [-0.05, 0) is 31.2 Å². The Morgan fingerprint density at radius 2 is 1.92 bits per heavy atom. The summed E-state index contributed by atoms with van der Waals surface area (Å²) in [6.45, 7) is 1.79. The van der Waals surface area contributed by atoms with Gasteiger partial charge in [0.15, 0.2) is 0 Å². The number of alkyl halides is 1. The summed E-state index contributed by atoms with van der Waals surface area (Å²) in [5, 5.41) is 2.76. The number of rotatable bonds is 2. The molecule has 0 bridgehead atoms. The number of nitrogens with one attached hydrogen (secondary N) is 1. The van der Waals surface area contributed by atoms with Gasteiger partial charge in [-0.15, -0.1) is 0 Å². The van der Waals surface area contributed by atoms with E-state index in [2.05, 4.69) is 37.2 Å². The smallest absolute Gasteiger partial charge is 0.237 e. The van der Waals surface area contributed by atoms with E-state index in [4.69, 9.17) is 0 Å². The van der Waals surface area contributed by atoms with E-state index in [9.17, 15) is 4.79 Å². The van der Waals surface area contributed by atoms with Gasteiger partial charge in [-0.2, -0.15) is 0 Å². The van der Waals surface area contributed by atoms with Crippen LogP contribution in [0.3, 0.4) is 0 Å². The number of anilines is 1. The Labute approximate surface area is 94.0 Å². The number of halogens is 2. The van der Waals surface area contributed by atoms with Crippen LogP contribution in [0, 0.1) is 0 Å². The first-order chi connectivity index (χ1) is 6.09. The third-order valence-electron chi connectivity index (χ3n) is 1.47. The van der Waals surface area contributed by atoms with Crippen LogP contribution < -0.4 is 5.32 Å². The Morgan fingerprint density at radius 1 is 1.38 bits per heavy atom. The third kappa shape index (κ3) is 3.48. The molecule has 0 spiro atoms. The lowest BCUT2D eigenvalue weighted by molar-refractivity contribution is -0.115. The Morgan fingerprint density at radius 3 is 2.38 bits per heavy atom. The zero-order chi connectivity index (χ0) is 9.84. The molecule has 1 unspecified atom stereocenters. The van der Waals surface area contributed by atoms with Gasteiger partial charge in [-0.1, -0.05) is 31.9 Å². The van der Waals surface area contributed by atoms with Crippen molar-refractivity contribution in [3.63, 3.8) is 0 Å². The maximum absolute atomic E-state index is 11.2. The molecule has 13 heavy (non-hydrogen) atoms. The molecule has 0 aliphatic carbocycles. The fraction of sp³-hybridized carbons (Fsp3) is 0.222. The number of carbonyl (C=O) groups excluding carboxylic acids is 1. The van der Waals surface area contributed by atoms with E-state index in [-0.39, 0.29) is 10.7 Å². The monoisotopic (exact) mass is 305 g/mol. The quantitative estimate of drug-likeness (QED) is 0.836. The summed E-state index contributed by atoms with van der Waals surface area (Å²) in [6, 6.07) is 7.46. The van der Waals surface area contributed by atoms with Crippen LogP contribution in [0.5, 0.6) is 0 Å². The SMILES string of the molecule is CC(Br)C(=O)Nc1ccc(Br)cc1. The maximum atomic E-state index is 11.2. The lowest BCUT2D eigenvalue weighted by Crippen LogP contribution is -2.19. The van der Waals surface area contributed by atoms with Crippen molar-refractivity contribution in [2.45, 2.75) is 11.8 Å². The van der Waals surface area contributed by atoms with Crippen LogP contribution >= 0.6 is 31.9 Å². The molecule has 0 saturated heterocycles. The second-order valence-corrected chi connectivity index (χ2v) is 4.90. The average molecular weight is 307 g/mol. The van der Waals surface area contributed by atoms with Crippen molar-refractivity contribution in [1.82, 2.24) is 0 Å². The van der Waals surface area contributed by atoms with Gasteiger partial charge >= 0.3 is 0 Å². The van der Waals surface area contributed by atoms with Crippen molar-refractivity contribution in [3.8, 4) is 0 Å². The first-order valence-electron chi connectivity index (χ1n) is 3.80. The fourth-order valence-electron chi connectivity index (χ4n) is 0.775. The zero-order valence-electron chi connectivity index (χ0n) is 7.05. The molecule has 1 aromatic rings. The normalized spacial score (nSPS) is 12.2. The molecule has 0 aliphatic rings. The third-order valence-corrected chi connectivity index (χ3v) is 2.42. The van der Waals surface area contributed by atoms with Crippen molar-refractivity contribution in [1.29, 1.82) is 0 Å². The van der Waals surface area contributed by atoms with Gasteiger partial charge < -0.3 is 5.32 Å². The van der Waals surface area contributed by atoms with E-state index >= 15 is 0 Å². The standard InChI is InChI=1S/C9H9Br2NO/c1-6(10)9(13)12-8-4-2-7(11)3-5-8/h2-6H,1H3,(H,12,13). The van der Waals surface area contributed by atoms with Gasteiger partial charge in [0, 0.05) is 10.2 Å². The molecule has 1 atom stereocenters. The van der Waals surface area contributed by atoms with Gasteiger partial charge in [0.2, 0.25) is 5.91 Å². The molecule has 0 aliphatic heterocycles. The summed E-state index contributed by atoms with van der Waals surface area (Å²) in [5.74, 6) is -0.0395. The molecule has 4 heteroatoms. The molecule has 1 aromatic carbocycles. The van der Waals surface area contributed by atoms with Gasteiger partial charge in [0.05, 0.1) is 4.83 Å². The zero-order valence-corrected chi connectivity index (χ0v) is 10.2. The van der Waals surface area contributed by atoms with E-state index in [1.165, 1.54) is 0 Å². The predicted molar refractivity (Wildman–Crippen MR) is 61.2 cm³/mol. The Balaban J connectivity index is 2.65. The minimum Gasteiger partial charge on any atom is -0.325 e. The van der Waals surface area contributed by atoms with Crippen molar-refractivity contribution in [2.75, 3.05) is 5.32 Å². The number of hydrogen-bond acceptors (Lipinski definition) is 1. The fourth-order valence-corrected chi connectivity index (χ4v) is 1.15. The van der Waals surface area contributed by atoms with Crippen molar-refractivity contribution in [3.05, 3.63) is 28.7 Å². The van der Waals surface area contributed by atoms with Crippen LogP contribution in [-0.2, 0) is 4.79 Å². The van der Waals surface area contributed by atoms with E-state index in [1.54, 1.807) is 6.92 Å². The van der Waals surface area contributed by atoms with E-state index < -0.39 is 0 Å². The highest BCUT2D eigenvalue weighted by atomic mass is 79.9. The van der Waals surface area contributed by atoms with Gasteiger partial charge in [-0.3, -0.25) is 4.79 Å². The molecule has 2 nitrogen and oxygen atoms in total. The van der Waals surface area contributed by atoms with Crippen LogP contribution in [0.1, 0.15) is 6.92 Å². The molecule has 0 saturated carbocycles. The molecule has 0 radical (unpaired) electrons. The summed E-state index contributed by atoms with van der Waals surface area (Å²) in [5.41, 5.74) is 0.805. The lowest BCUT2D eigenvalue weighted by atomic mass is 10.3. The summed E-state index contributed by atoms with van der Waals surface area (Å²) >= 11 is 6.51. The number of carbonyl (C=O) groups is 1. The molecule has 0 heterocycles. The minimum atomic E-state index is -0.170. The first kappa shape index (κ1) is 10.7. The van der Waals surface area contributed by atoms with Gasteiger partial charge in [0.25, 0.3) is 0 Å². The second-order valence-electron chi connectivity index (χ2n) is 2.61. The van der Waals surface area contributed by atoms with Crippen LogP contribution in [0.25, 0.3) is 0 Å². The van der Waals surface area contributed by atoms with Crippen LogP contribution in [-0.4, -0.2) is 10.7 Å². The van der Waals surface area contributed by atoms with Crippen molar-refractivity contribution < 1.29 is 4.79 Å². The number of hydrogen-bond donors (Lipinski definition) is 1. The Hall–Kier alpha value is -0.350. The Kier molecular flexibility index (Phi) is 3.93. The lowest BCUT2D eigenvalue weighted by Gasteiger charge is -2.05. The maximum Gasteiger partial charge on any atom is 0.237 e. The summed E-state index contributed by atoms with van der Waals surface area (Å²) in [4.78, 5) is 11.1. The highest BCUT2D eigenvalue weighted by Gasteiger charge is 2.07. The number of benzene rings is 1. The molecule has 1 rings (SSSR count). The van der Waals surface area contributed by atoms with E-state index in [1.807, 2.05) is 24.3 Å². The summed E-state index contributed by atoms with van der Waals surface area (Å²) < 4.78 is 0.998. The van der Waals surface area contributed by atoms with E-state index in [0.717, 1.165) is 10.2 Å². The molecular formula is C9H9Br2NO. The minimum absolute atomic E-state index is 0.0395. The Bertz CT molecular complexity index is 295. The summed E-state index contributed by atoms with van der Waals surface area (Å²) in [6.07, 6.45) is 0. The van der Waals surface area contributed by atoms with E-state index in [0.29, 0.717) is 0 Å². The van der Waals surface area contributed by atoms with Gasteiger partial charge in [-0.25, -0.2) is 0 Å². The second kappa shape index (κ2) is 4.77. The van der Waals surface area contributed by atoms with Crippen LogP contribution in [0.4, 0.5) is 5.69 Å². The largest absolute Gasteiger partial charge is 0.325 e. The molecule has 0 aromatic heterocycles. The van der Waals surface area contributed by atoms with Crippen molar-refractivity contribution in [2.24, 2.45) is 0 Å². The molecule has 0 fully saturated rings. The topological polar surface area (TPSA) is 29.1 Å². The number of amides is 1. The van der Waals surface area contributed by atoms with Gasteiger partial charge in [0.1, 0.15) is 0 Å². The molecular weight excluding hydrogens is 298 g/mol. The average Bonchev–Trinajstić information content (AvgIpc) is 2.08. The summed E-state index contributed by atoms with van der Waals surface area (Å²) in [7, 11) is 0. The molecule has 70 valence electrons. The predicted octanol–water partition coefficient (Wildman–Crippen LogP) is 3.17. The van der Waals surface area contributed by atoms with Crippen LogP contribution in [0.2, 0.25) is 0 Å². The molecule has 1 N–H and O–H groups in total.